The Balaban J connectivity index is 1.89. The molecule has 106 valence electrons. The van der Waals surface area contributed by atoms with Crippen LogP contribution in [0.5, 0.6) is 0 Å². The summed E-state index contributed by atoms with van der Waals surface area (Å²) in [5.74, 6) is 0.0127. The summed E-state index contributed by atoms with van der Waals surface area (Å²) in [5, 5.41) is 7.31. The molecule has 1 heterocycles. The number of nitrogens with one attached hydrogen (secondary N) is 1. The summed E-state index contributed by atoms with van der Waals surface area (Å²) < 4.78 is 1.68. The van der Waals surface area contributed by atoms with Gasteiger partial charge in [0.2, 0.25) is 5.91 Å². The van der Waals surface area contributed by atoms with E-state index in [2.05, 4.69) is 17.3 Å². The van der Waals surface area contributed by atoms with Gasteiger partial charge in [-0.25, -0.2) is 0 Å². The van der Waals surface area contributed by atoms with Crippen molar-refractivity contribution in [3.63, 3.8) is 0 Å². The minimum absolute atomic E-state index is 0.0127. The van der Waals surface area contributed by atoms with Crippen LogP contribution in [0.2, 0.25) is 0 Å². The summed E-state index contributed by atoms with van der Waals surface area (Å²) in [6.07, 6.45) is 4.97. The van der Waals surface area contributed by atoms with Gasteiger partial charge in [-0.3, -0.25) is 9.48 Å². The number of nitrogen functional groups attached to an aromatic ring is 1. The number of rotatable bonds is 4. The van der Waals surface area contributed by atoms with Crippen LogP contribution in [0.4, 0.5) is 5.69 Å². The molecule has 1 aliphatic carbocycles. The van der Waals surface area contributed by atoms with E-state index < -0.39 is 0 Å². The Bertz CT molecular complexity index is 472. The van der Waals surface area contributed by atoms with Crippen LogP contribution >= 0.6 is 0 Å². The highest BCUT2D eigenvalue weighted by atomic mass is 16.2. The second-order valence-electron chi connectivity index (χ2n) is 6.04. The van der Waals surface area contributed by atoms with Gasteiger partial charge in [0.15, 0.2) is 0 Å². The number of hydrogen-bond donors (Lipinski definition) is 2. The van der Waals surface area contributed by atoms with E-state index in [1.807, 2.05) is 13.8 Å². The Morgan fingerprint density at radius 3 is 2.58 bits per heavy atom. The molecular weight excluding hydrogens is 240 g/mol. The first-order valence-corrected chi connectivity index (χ1v) is 6.97. The van der Waals surface area contributed by atoms with Crippen LogP contribution in [-0.4, -0.2) is 22.2 Å². The van der Waals surface area contributed by atoms with E-state index >= 15 is 0 Å². The smallest absolute Gasteiger partial charge is 0.241 e. The third-order valence-electron chi connectivity index (χ3n) is 4.25. The molecule has 1 fully saturated rings. The number of nitrogens with zero attached hydrogens (tertiary/aromatic N) is 2. The lowest BCUT2D eigenvalue weighted by Crippen LogP contribution is -2.36. The molecule has 2 rings (SSSR count). The van der Waals surface area contributed by atoms with E-state index in [1.165, 1.54) is 25.7 Å². The second kappa shape index (κ2) is 5.23. The van der Waals surface area contributed by atoms with Gasteiger partial charge >= 0.3 is 0 Å². The summed E-state index contributed by atoms with van der Waals surface area (Å²) in [6.45, 7) is 7.01. The lowest BCUT2D eigenvalue weighted by atomic mass is 9.89. The Labute approximate surface area is 114 Å². The van der Waals surface area contributed by atoms with Gasteiger partial charge in [-0.2, -0.15) is 5.10 Å². The average molecular weight is 264 g/mol. The van der Waals surface area contributed by atoms with Crippen molar-refractivity contribution in [2.24, 2.45) is 5.41 Å². The van der Waals surface area contributed by atoms with E-state index in [4.69, 9.17) is 5.73 Å². The highest BCUT2D eigenvalue weighted by Gasteiger charge is 2.28. The fraction of sp³-hybridized carbons (Fsp3) is 0.714. The van der Waals surface area contributed by atoms with Crippen LogP contribution < -0.4 is 11.1 Å². The van der Waals surface area contributed by atoms with Crippen LogP contribution in [0.15, 0.2) is 0 Å². The van der Waals surface area contributed by atoms with Crippen molar-refractivity contribution in [2.75, 3.05) is 12.3 Å². The zero-order chi connectivity index (χ0) is 14.0. The third kappa shape index (κ3) is 3.08. The average Bonchev–Trinajstić information content (AvgIpc) is 2.89. The molecule has 1 amide bonds. The Morgan fingerprint density at radius 2 is 2.05 bits per heavy atom. The molecule has 1 aliphatic rings. The minimum atomic E-state index is 0.0127. The molecule has 0 spiro atoms. The van der Waals surface area contributed by atoms with Crippen molar-refractivity contribution in [1.29, 1.82) is 0 Å². The maximum absolute atomic E-state index is 12.0. The number of anilines is 1. The number of carbonyl (C=O) groups is 1. The first-order valence-electron chi connectivity index (χ1n) is 6.97. The number of amides is 1. The Hall–Kier alpha value is -1.52. The molecule has 19 heavy (non-hydrogen) atoms. The maximum atomic E-state index is 12.0. The number of carbonyl (C=O) groups excluding carboxylic acids is 1. The van der Waals surface area contributed by atoms with Crippen LogP contribution in [0.25, 0.3) is 0 Å². The van der Waals surface area contributed by atoms with Gasteiger partial charge in [0.25, 0.3) is 0 Å². The van der Waals surface area contributed by atoms with E-state index in [9.17, 15) is 4.79 Å². The normalized spacial score (nSPS) is 17.6. The zero-order valence-electron chi connectivity index (χ0n) is 12.1. The molecule has 0 aliphatic heterocycles. The highest BCUT2D eigenvalue weighted by molar-refractivity contribution is 5.76. The van der Waals surface area contributed by atoms with Crippen molar-refractivity contribution >= 4 is 11.6 Å². The first-order chi connectivity index (χ1) is 8.91. The molecule has 1 aromatic rings. The third-order valence-corrected chi connectivity index (χ3v) is 4.25. The molecule has 0 bridgehead atoms. The molecule has 5 nitrogen and oxygen atoms in total. The van der Waals surface area contributed by atoms with Gasteiger partial charge in [0.05, 0.1) is 17.1 Å². The van der Waals surface area contributed by atoms with Crippen LogP contribution in [0, 0.1) is 19.3 Å². The molecular formula is C14H24N4O. The monoisotopic (exact) mass is 264 g/mol. The van der Waals surface area contributed by atoms with Crippen molar-refractivity contribution in [3.8, 4) is 0 Å². The largest absolute Gasteiger partial charge is 0.396 e. The van der Waals surface area contributed by atoms with Crippen molar-refractivity contribution in [1.82, 2.24) is 15.1 Å². The molecule has 0 aromatic carbocycles. The quantitative estimate of drug-likeness (QED) is 0.870. The van der Waals surface area contributed by atoms with Crippen LogP contribution in [0.1, 0.15) is 44.0 Å². The standard InChI is InChI=1S/C14H24N4O/c1-10-13(15)11(2)18(17-10)8-12(19)16-9-14(3)6-4-5-7-14/h4-9,15H2,1-3H3,(H,16,19). The Kier molecular flexibility index (Phi) is 3.83. The molecule has 0 saturated heterocycles. The zero-order valence-corrected chi connectivity index (χ0v) is 12.1. The fourth-order valence-electron chi connectivity index (χ4n) is 2.77. The fourth-order valence-corrected chi connectivity index (χ4v) is 2.77. The summed E-state index contributed by atoms with van der Waals surface area (Å²) in [5.41, 5.74) is 8.46. The van der Waals surface area contributed by atoms with Gasteiger partial charge in [-0.05, 0) is 32.1 Å². The molecule has 0 atom stereocenters. The van der Waals surface area contributed by atoms with Gasteiger partial charge in [0, 0.05) is 6.54 Å². The predicted octanol–water partition coefficient (Wildman–Crippen LogP) is 1.78. The minimum Gasteiger partial charge on any atom is -0.396 e. The van der Waals surface area contributed by atoms with E-state index in [1.54, 1.807) is 4.68 Å². The number of aryl methyl sites for hydroxylation is 1. The molecule has 0 unspecified atom stereocenters. The summed E-state index contributed by atoms with van der Waals surface area (Å²) in [7, 11) is 0. The van der Waals surface area contributed by atoms with Crippen molar-refractivity contribution in [3.05, 3.63) is 11.4 Å². The van der Waals surface area contributed by atoms with Gasteiger partial charge < -0.3 is 11.1 Å². The molecule has 0 radical (unpaired) electrons. The van der Waals surface area contributed by atoms with E-state index in [0.29, 0.717) is 5.69 Å². The number of nitrogens with two attached hydrogens (primary N) is 1. The van der Waals surface area contributed by atoms with Crippen molar-refractivity contribution in [2.45, 2.75) is 53.0 Å². The summed E-state index contributed by atoms with van der Waals surface area (Å²) >= 11 is 0. The molecule has 3 N–H and O–H groups in total. The highest BCUT2D eigenvalue weighted by Crippen LogP contribution is 2.36. The van der Waals surface area contributed by atoms with E-state index in [0.717, 1.165) is 17.9 Å². The number of hydrogen-bond acceptors (Lipinski definition) is 3. The molecule has 1 aromatic heterocycles. The van der Waals surface area contributed by atoms with Crippen molar-refractivity contribution < 1.29 is 4.79 Å². The van der Waals surface area contributed by atoms with E-state index in [-0.39, 0.29) is 17.9 Å². The van der Waals surface area contributed by atoms with Gasteiger partial charge in [-0.15, -0.1) is 0 Å². The molecule has 5 heteroatoms. The van der Waals surface area contributed by atoms with Gasteiger partial charge in [0.1, 0.15) is 6.54 Å². The SMILES string of the molecule is Cc1nn(CC(=O)NCC2(C)CCCC2)c(C)c1N. The summed E-state index contributed by atoms with van der Waals surface area (Å²) in [6, 6.07) is 0. The number of aromatic nitrogens is 2. The van der Waals surface area contributed by atoms with Gasteiger partial charge in [-0.1, -0.05) is 19.8 Å². The molecule has 1 saturated carbocycles. The van der Waals surface area contributed by atoms with Crippen LogP contribution in [0.3, 0.4) is 0 Å². The lowest BCUT2D eigenvalue weighted by molar-refractivity contribution is -0.122. The predicted molar refractivity (Wildman–Crippen MR) is 75.7 cm³/mol. The topological polar surface area (TPSA) is 72.9 Å². The maximum Gasteiger partial charge on any atom is 0.241 e. The van der Waals surface area contributed by atoms with Crippen LogP contribution in [-0.2, 0) is 11.3 Å². The second-order valence-corrected chi connectivity index (χ2v) is 6.04. The first kappa shape index (κ1) is 13.9. The Morgan fingerprint density at radius 1 is 1.42 bits per heavy atom. The summed E-state index contributed by atoms with van der Waals surface area (Å²) in [4.78, 5) is 12.0. The lowest BCUT2D eigenvalue weighted by Gasteiger charge is -2.23.